The molecule has 5 rings (SSSR count). The van der Waals surface area contributed by atoms with Gasteiger partial charge in [0, 0.05) is 54.6 Å². The SMILES string of the molecule is CN1C(=O)Cc2cc(-c3cncc(-c4ccc(=O)n(C5CCC5)c4)c3)ccc21. The van der Waals surface area contributed by atoms with Crippen LogP contribution in [0.1, 0.15) is 30.9 Å². The number of pyridine rings is 2. The molecular weight excluding hydrogens is 350 g/mol. The quantitative estimate of drug-likeness (QED) is 0.703. The minimum atomic E-state index is 0.0602. The van der Waals surface area contributed by atoms with E-state index in [0.29, 0.717) is 12.5 Å². The Labute approximate surface area is 163 Å². The minimum Gasteiger partial charge on any atom is -0.315 e. The van der Waals surface area contributed by atoms with E-state index in [1.165, 1.54) is 6.42 Å². The largest absolute Gasteiger partial charge is 0.315 e. The molecule has 2 aromatic heterocycles. The molecule has 0 radical (unpaired) electrons. The van der Waals surface area contributed by atoms with Crippen molar-refractivity contribution in [1.82, 2.24) is 9.55 Å². The van der Waals surface area contributed by atoms with Crippen LogP contribution in [0.25, 0.3) is 22.3 Å². The van der Waals surface area contributed by atoms with Crippen molar-refractivity contribution in [2.24, 2.45) is 0 Å². The van der Waals surface area contributed by atoms with Gasteiger partial charge in [0.2, 0.25) is 5.91 Å². The predicted molar refractivity (Wildman–Crippen MR) is 109 cm³/mol. The van der Waals surface area contributed by atoms with Crippen LogP contribution in [0.2, 0.25) is 0 Å². The van der Waals surface area contributed by atoms with Gasteiger partial charge in [0.25, 0.3) is 5.56 Å². The van der Waals surface area contributed by atoms with Crippen molar-refractivity contribution < 1.29 is 4.79 Å². The number of carbonyl (C=O) groups excluding carboxylic acids is 1. The maximum atomic E-state index is 12.2. The first-order chi connectivity index (χ1) is 13.6. The smallest absolute Gasteiger partial charge is 0.250 e. The third kappa shape index (κ3) is 2.74. The molecule has 3 aromatic rings. The van der Waals surface area contributed by atoms with Crippen molar-refractivity contribution in [1.29, 1.82) is 0 Å². The molecule has 1 aliphatic heterocycles. The second kappa shape index (κ2) is 6.44. The Kier molecular flexibility index (Phi) is 3.90. The lowest BCUT2D eigenvalue weighted by molar-refractivity contribution is -0.117. The third-order valence-electron chi connectivity index (χ3n) is 5.97. The Bertz CT molecular complexity index is 1140. The fraction of sp³-hybridized carbons (Fsp3) is 0.261. The van der Waals surface area contributed by atoms with Crippen LogP contribution in [0.15, 0.2) is 59.8 Å². The van der Waals surface area contributed by atoms with E-state index in [1.807, 2.05) is 48.4 Å². The summed E-state index contributed by atoms with van der Waals surface area (Å²) in [5.74, 6) is 0.122. The van der Waals surface area contributed by atoms with Crippen molar-refractivity contribution in [3.05, 3.63) is 70.9 Å². The van der Waals surface area contributed by atoms with Crippen LogP contribution in [0.4, 0.5) is 5.69 Å². The molecule has 0 atom stereocenters. The molecule has 1 amide bonds. The van der Waals surface area contributed by atoms with Gasteiger partial charge < -0.3 is 9.47 Å². The number of hydrogen-bond donors (Lipinski definition) is 0. The number of rotatable bonds is 3. The molecule has 0 bridgehead atoms. The number of hydrogen-bond acceptors (Lipinski definition) is 3. The van der Waals surface area contributed by atoms with E-state index >= 15 is 0 Å². The summed E-state index contributed by atoms with van der Waals surface area (Å²) in [6.45, 7) is 0. The monoisotopic (exact) mass is 371 g/mol. The van der Waals surface area contributed by atoms with Gasteiger partial charge in [-0.1, -0.05) is 6.07 Å². The van der Waals surface area contributed by atoms with Crippen molar-refractivity contribution >= 4 is 11.6 Å². The Hall–Kier alpha value is -3.21. The van der Waals surface area contributed by atoms with Gasteiger partial charge in [-0.05, 0) is 60.2 Å². The fourth-order valence-corrected chi connectivity index (χ4v) is 4.03. The zero-order valence-electron chi connectivity index (χ0n) is 15.8. The molecule has 5 heteroatoms. The molecule has 2 aliphatic rings. The van der Waals surface area contributed by atoms with Crippen LogP contribution < -0.4 is 10.5 Å². The molecular formula is C23H21N3O2. The lowest BCUT2D eigenvalue weighted by atomic mass is 9.92. The summed E-state index contributed by atoms with van der Waals surface area (Å²) in [6, 6.07) is 12.1. The fourth-order valence-electron chi connectivity index (χ4n) is 4.03. The maximum absolute atomic E-state index is 12.2. The zero-order valence-corrected chi connectivity index (χ0v) is 15.8. The van der Waals surface area contributed by atoms with E-state index in [4.69, 9.17) is 0 Å². The standard InChI is InChI=1S/C23H21N3O2/c1-25-21-7-5-15(9-17(21)11-23(25)28)18-10-19(13-24-12-18)16-6-8-22(27)26(14-16)20-3-2-4-20/h5-10,12-14,20H,2-4,11H2,1H3. The van der Waals surface area contributed by atoms with Gasteiger partial charge in [-0.3, -0.25) is 14.6 Å². The molecule has 0 spiro atoms. The topological polar surface area (TPSA) is 55.2 Å². The number of anilines is 1. The highest BCUT2D eigenvalue weighted by Gasteiger charge is 2.24. The molecule has 1 aliphatic carbocycles. The Morgan fingerprint density at radius 2 is 1.68 bits per heavy atom. The van der Waals surface area contributed by atoms with Crippen LogP contribution in [-0.2, 0) is 11.2 Å². The number of nitrogens with zero attached hydrogens (tertiary/aromatic N) is 3. The van der Waals surface area contributed by atoms with Crippen LogP contribution in [0, 0.1) is 0 Å². The van der Waals surface area contributed by atoms with E-state index in [1.54, 1.807) is 11.0 Å². The highest BCUT2D eigenvalue weighted by molar-refractivity contribution is 6.01. The molecule has 5 nitrogen and oxygen atoms in total. The highest BCUT2D eigenvalue weighted by Crippen LogP contribution is 2.34. The van der Waals surface area contributed by atoms with E-state index in [9.17, 15) is 9.59 Å². The van der Waals surface area contributed by atoms with E-state index < -0.39 is 0 Å². The summed E-state index contributed by atoms with van der Waals surface area (Å²) in [7, 11) is 1.81. The van der Waals surface area contributed by atoms with Gasteiger partial charge >= 0.3 is 0 Å². The Balaban J connectivity index is 1.52. The molecule has 1 aromatic carbocycles. The Morgan fingerprint density at radius 3 is 2.43 bits per heavy atom. The van der Waals surface area contributed by atoms with Crippen molar-refractivity contribution in [2.75, 3.05) is 11.9 Å². The summed E-state index contributed by atoms with van der Waals surface area (Å²) >= 11 is 0. The van der Waals surface area contributed by atoms with E-state index in [2.05, 4.69) is 17.1 Å². The Morgan fingerprint density at radius 1 is 0.929 bits per heavy atom. The zero-order chi connectivity index (χ0) is 19.3. The van der Waals surface area contributed by atoms with Gasteiger partial charge in [0.1, 0.15) is 0 Å². The van der Waals surface area contributed by atoms with E-state index in [0.717, 1.165) is 46.3 Å². The maximum Gasteiger partial charge on any atom is 0.250 e. The first kappa shape index (κ1) is 16.9. The molecule has 1 saturated carbocycles. The average Bonchev–Trinajstić information content (AvgIpc) is 2.95. The molecule has 1 fully saturated rings. The van der Waals surface area contributed by atoms with Gasteiger partial charge in [0.15, 0.2) is 0 Å². The van der Waals surface area contributed by atoms with Crippen molar-refractivity contribution in [2.45, 2.75) is 31.7 Å². The first-order valence-corrected chi connectivity index (χ1v) is 9.67. The molecule has 140 valence electrons. The number of likely N-dealkylation sites (N-methyl/N-ethyl adjacent to an activating group) is 1. The normalized spacial score (nSPS) is 16.2. The van der Waals surface area contributed by atoms with Gasteiger partial charge in [-0.15, -0.1) is 0 Å². The molecule has 3 heterocycles. The van der Waals surface area contributed by atoms with Gasteiger partial charge in [0.05, 0.1) is 6.42 Å². The number of carbonyl (C=O) groups is 1. The van der Waals surface area contributed by atoms with Crippen LogP contribution in [-0.4, -0.2) is 22.5 Å². The highest BCUT2D eigenvalue weighted by atomic mass is 16.2. The number of benzene rings is 1. The van der Waals surface area contributed by atoms with Gasteiger partial charge in [-0.2, -0.15) is 0 Å². The lowest BCUT2D eigenvalue weighted by Gasteiger charge is -2.28. The number of aromatic nitrogens is 2. The molecule has 0 unspecified atom stereocenters. The average molecular weight is 371 g/mol. The second-order valence-electron chi connectivity index (χ2n) is 7.68. The van der Waals surface area contributed by atoms with Crippen LogP contribution in [0.5, 0.6) is 0 Å². The summed E-state index contributed by atoms with van der Waals surface area (Å²) < 4.78 is 1.86. The molecule has 28 heavy (non-hydrogen) atoms. The summed E-state index contributed by atoms with van der Waals surface area (Å²) in [5, 5.41) is 0. The van der Waals surface area contributed by atoms with Crippen molar-refractivity contribution in [3.63, 3.8) is 0 Å². The second-order valence-corrected chi connectivity index (χ2v) is 7.68. The lowest BCUT2D eigenvalue weighted by Crippen LogP contribution is -2.27. The first-order valence-electron chi connectivity index (χ1n) is 9.67. The molecule has 0 N–H and O–H groups in total. The molecule has 0 saturated heterocycles. The summed E-state index contributed by atoms with van der Waals surface area (Å²) in [5.41, 5.74) is 6.12. The van der Waals surface area contributed by atoms with Crippen molar-refractivity contribution in [3.8, 4) is 22.3 Å². The van der Waals surface area contributed by atoms with Gasteiger partial charge in [-0.25, -0.2) is 0 Å². The predicted octanol–water partition coefficient (Wildman–Crippen LogP) is 3.82. The minimum absolute atomic E-state index is 0.0602. The van der Waals surface area contributed by atoms with Crippen LogP contribution in [0.3, 0.4) is 0 Å². The number of amides is 1. The third-order valence-corrected chi connectivity index (χ3v) is 5.97. The number of fused-ring (bicyclic) bond motifs is 1. The van der Waals surface area contributed by atoms with E-state index in [-0.39, 0.29) is 11.5 Å². The summed E-state index contributed by atoms with van der Waals surface area (Å²) in [6.07, 6.45) is 9.41. The summed E-state index contributed by atoms with van der Waals surface area (Å²) in [4.78, 5) is 30.3. The van der Waals surface area contributed by atoms with Crippen LogP contribution >= 0.6 is 0 Å².